The Balaban J connectivity index is 2.80. The minimum absolute atomic E-state index is 0.617. The van der Waals surface area contributed by atoms with Crippen LogP contribution < -0.4 is 0 Å². The fourth-order valence-electron chi connectivity index (χ4n) is 1.65. The summed E-state index contributed by atoms with van der Waals surface area (Å²) in [5, 5.41) is 4.42. The van der Waals surface area contributed by atoms with Gasteiger partial charge in [-0.25, -0.2) is 0 Å². The highest BCUT2D eigenvalue weighted by Gasteiger charge is 2.15. The van der Waals surface area contributed by atoms with Gasteiger partial charge in [-0.1, -0.05) is 20.8 Å². The first-order valence-corrected chi connectivity index (χ1v) is 4.64. The van der Waals surface area contributed by atoms with Gasteiger partial charge in [-0.15, -0.1) is 0 Å². The van der Waals surface area contributed by atoms with Crippen molar-refractivity contribution in [3.05, 3.63) is 18.0 Å². The van der Waals surface area contributed by atoms with Crippen molar-refractivity contribution >= 4 is 0 Å². The second-order valence-corrected chi connectivity index (χ2v) is 3.67. The van der Waals surface area contributed by atoms with E-state index in [0.717, 1.165) is 0 Å². The second kappa shape index (κ2) is 3.74. The Morgan fingerprint density at radius 1 is 1.50 bits per heavy atom. The van der Waals surface area contributed by atoms with E-state index in [0.29, 0.717) is 11.8 Å². The lowest BCUT2D eigenvalue weighted by atomic mass is 9.90. The highest BCUT2D eigenvalue weighted by molar-refractivity contribution is 5.06. The summed E-state index contributed by atoms with van der Waals surface area (Å²) >= 11 is 0. The van der Waals surface area contributed by atoms with Crippen molar-refractivity contribution in [3.63, 3.8) is 0 Å². The van der Waals surface area contributed by atoms with Gasteiger partial charge in [-0.05, 0) is 18.4 Å². The smallest absolute Gasteiger partial charge is 0.0657 e. The molecule has 1 rings (SSSR count). The van der Waals surface area contributed by atoms with Gasteiger partial charge in [0.2, 0.25) is 0 Å². The van der Waals surface area contributed by atoms with E-state index in [1.54, 1.807) is 0 Å². The van der Waals surface area contributed by atoms with E-state index in [1.807, 2.05) is 17.9 Å². The summed E-state index contributed by atoms with van der Waals surface area (Å²) < 4.78 is 1.88. The number of aryl methyl sites for hydroxylation is 1. The van der Waals surface area contributed by atoms with E-state index in [2.05, 4.69) is 31.9 Å². The third kappa shape index (κ3) is 1.87. The molecule has 0 unspecified atom stereocenters. The summed E-state index contributed by atoms with van der Waals surface area (Å²) in [6, 6.07) is 2.12. The molecule has 0 aromatic carbocycles. The molecule has 1 heterocycles. The highest BCUT2D eigenvalue weighted by Crippen LogP contribution is 2.25. The molecule has 68 valence electrons. The van der Waals surface area contributed by atoms with Crippen molar-refractivity contribution in [1.82, 2.24) is 9.78 Å². The van der Waals surface area contributed by atoms with Crippen molar-refractivity contribution in [3.8, 4) is 0 Å². The molecule has 0 aliphatic rings. The third-order valence-electron chi connectivity index (χ3n) is 2.36. The van der Waals surface area contributed by atoms with Crippen LogP contribution in [-0.4, -0.2) is 9.78 Å². The average Bonchev–Trinajstić information content (AvgIpc) is 2.37. The van der Waals surface area contributed by atoms with Gasteiger partial charge in [-0.3, -0.25) is 4.68 Å². The van der Waals surface area contributed by atoms with Crippen LogP contribution in [-0.2, 0) is 7.05 Å². The van der Waals surface area contributed by atoms with E-state index in [1.165, 1.54) is 12.1 Å². The van der Waals surface area contributed by atoms with E-state index in [9.17, 15) is 0 Å². The Kier molecular flexibility index (Phi) is 2.90. The number of hydrogen-bond donors (Lipinski definition) is 0. The summed E-state index contributed by atoms with van der Waals surface area (Å²) in [6.45, 7) is 6.73. The molecule has 12 heavy (non-hydrogen) atoms. The topological polar surface area (TPSA) is 17.8 Å². The molecule has 2 nitrogen and oxygen atoms in total. The third-order valence-corrected chi connectivity index (χ3v) is 2.36. The molecule has 0 N–H and O–H groups in total. The summed E-state index contributed by atoms with van der Waals surface area (Å²) in [4.78, 5) is 0. The summed E-state index contributed by atoms with van der Waals surface area (Å²) in [6.07, 6.45) is 3.19. The van der Waals surface area contributed by atoms with Crippen LogP contribution >= 0.6 is 0 Å². The van der Waals surface area contributed by atoms with Crippen LogP contribution in [0, 0.1) is 5.92 Å². The van der Waals surface area contributed by atoms with Crippen molar-refractivity contribution in [2.45, 2.75) is 33.1 Å². The van der Waals surface area contributed by atoms with Gasteiger partial charge in [0.05, 0.1) is 5.69 Å². The fourth-order valence-corrected chi connectivity index (χ4v) is 1.65. The first-order valence-electron chi connectivity index (χ1n) is 4.64. The molecule has 0 aliphatic heterocycles. The average molecular weight is 166 g/mol. The Hall–Kier alpha value is -0.790. The Labute approximate surface area is 74.6 Å². The quantitative estimate of drug-likeness (QED) is 0.674. The zero-order valence-corrected chi connectivity index (χ0v) is 8.41. The molecule has 1 atom stereocenters. The number of nitrogens with zero attached hydrogens (tertiary/aromatic N) is 2. The molecule has 0 amide bonds. The van der Waals surface area contributed by atoms with Crippen LogP contribution in [0.25, 0.3) is 0 Å². The predicted octanol–water partition coefficient (Wildman–Crippen LogP) is 2.57. The Bertz CT molecular complexity index is 238. The van der Waals surface area contributed by atoms with Gasteiger partial charge in [0, 0.05) is 19.2 Å². The molecule has 0 spiro atoms. The molecule has 0 radical (unpaired) electrons. The molecule has 0 bridgehead atoms. The lowest BCUT2D eigenvalue weighted by molar-refractivity contribution is 0.469. The first kappa shape index (κ1) is 9.30. The molecule has 0 saturated heterocycles. The van der Waals surface area contributed by atoms with E-state index in [-0.39, 0.29) is 0 Å². The van der Waals surface area contributed by atoms with Crippen molar-refractivity contribution in [2.24, 2.45) is 13.0 Å². The Morgan fingerprint density at radius 3 is 2.50 bits per heavy atom. The molecule has 0 saturated carbocycles. The number of aromatic nitrogens is 2. The van der Waals surface area contributed by atoms with Gasteiger partial charge in [0.25, 0.3) is 0 Å². The molecule has 1 aromatic heterocycles. The zero-order valence-electron chi connectivity index (χ0n) is 8.41. The van der Waals surface area contributed by atoms with E-state index < -0.39 is 0 Å². The van der Waals surface area contributed by atoms with Gasteiger partial charge in [-0.2, -0.15) is 5.10 Å². The van der Waals surface area contributed by atoms with E-state index >= 15 is 0 Å². The Morgan fingerprint density at radius 2 is 2.17 bits per heavy atom. The van der Waals surface area contributed by atoms with Crippen LogP contribution in [0.4, 0.5) is 0 Å². The van der Waals surface area contributed by atoms with Crippen LogP contribution in [0.2, 0.25) is 0 Å². The van der Waals surface area contributed by atoms with Crippen LogP contribution in [0.5, 0.6) is 0 Å². The predicted molar refractivity (Wildman–Crippen MR) is 51.1 cm³/mol. The lowest BCUT2D eigenvalue weighted by Crippen LogP contribution is -2.06. The lowest BCUT2D eigenvalue weighted by Gasteiger charge is -2.15. The van der Waals surface area contributed by atoms with Gasteiger partial charge >= 0.3 is 0 Å². The maximum atomic E-state index is 4.42. The monoisotopic (exact) mass is 166 g/mol. The van der Waals surface area contributed by atoms with Crippen LogP contribution in [0.3, 0.4) is 0 Å². The standard InChI is InChI=1S/C10H18N2/c1-5-9(8(2)3)10-6-7-12(4)11-10/h6-9H,5H2,1-4H3/t9-/m1/s1. The van der Waals surface area contributed by atoms with Gasteiger partial charge < -0.3 is 0 Å². The van der Waals surface area contributed by atoms with Crippen molar-refractivity contribution < 1.29 is 0 Å². The van der Waals surface area contributed by atoms with Crippen molar-refractivity contribution in [2.75, 3.05) is 0 Å². The number of hydrogen-bond acceptors (Lipinski definition) is 1. The number of rotatable bonds is 3. The van der Waals surface area contributed by atoms with Gasteiger partial charge in [0.1, 0.15) is 0 Å². The zero-order chi connectivity index (χ0) is 9.14. The SMILES string of the molecule is CC[C@@H](c1ccn(C)n1)C(C)C. The molecule has 0 aliphatic carbocycles. The molecule has 1 aromatic rings. The van der Waals surface area contributed by atoms with Crippen LogP contribution in [0.1, 0.15) is 38.8 Å². The molecular formula is C10H18N2. The molecule has 2 heteroatoms. The van der Waals surface area contributed by atoms with Gasteiger partial charge in [0.15, 0.2) is 0 Å². The highest BCUT2D eigenvalue weighted by atomic mass is 15.2. The maximum Gasteiger partial charge on any atom is 0.0657 e. The normalized spacial score (nSPS) is 13.8. The first-order chi connectivity index (χ1) is 5.65. The van der Waals surface area contributed by atoms with Crippen molar-refractivity contribution in [1.29, 1.82) is 0 Å². The minimum Gasteiger partial charge on any atom is -0.276 e. The fraction of sp³-hybridized carbons (Fsp3) is 0.700. The molecular weight excluding hydrogens is 148 g/mol. The minimum atomic E-state index is 0.617. The van der Waals surface area contributed by atoms with E-state index in [4.69, 9.17) is 0 Å². The summed E-state index contributed by atoms with van der Waals surface area (Å²) in [7, 11) is 1.97. The second-order valence-electron chi connectivity index (χ2n) is 3.67. The maximum absolute atomic E-state index is 4.42. The summed E-state index contributed by atoms with van der Waals surface area (Å²) in [5.74, 6) is 1.30. The van der Waals surface area contributed by atoms with Crippen LogP contribution in [0.15, 0.2) is 12.3 Å². The summed E-state index contributed by atoms with van der Waals surface area (Å²) in [5.41, 5.74) is 1.23. The largest absolute Gasteiger partial charge is 0.276 e. The molecule has 0 fully saturated rings.